The van der Waals surface area contributed by atoms with E-state index in [9.17, 15) is 4.79 Å². The van der Waals surface area contributed by atoms with Gasteiger partial charge in [0.2, 0.25) is 0 Å². The smallest absolute Gasteiger partial charge is 0.166 e. The van der Waals surface area contributed by atoms with E-state index in [1.165, 1.54) is 0 Å². The van der Waals surface area contributed by atoms with E-state index in [0.29, 0.717) is 13.2 Å². The summed E-state index contributed by atoms with van der Waals surface area (Å²) in [7, 11) is 0. The minimum atomic E-state index is -0.0548. The highest BCUT2D eigenvalue weighted by molar-refractivity contribution is 5.98. The first-order valence-corrected chi connectivity index (χ1v) is 12.3. The molecule has 176 valence electrons. The second-order valence-electron chi connectivity index (χ2n) is 9.12. The zero-order chi connectivity index (χ0) is 23.9. The number of benzene rings is 4. The van der Waals surface area contributed by atoms with E-state index in [1.807, 2.05) is 78.9 Å². The van der Waals surface area contributed by atoms with Crippen molar-refractivity contribution in [3.8, 4) is 11.5 Å². The molecule has 0 N–H and O–H groups in total. The van der Waals surface area contributed by atoms with Gasteiger partial charge in [0.1, 0.15) is 24.7 Å². The van der Waals surface area contributed by atoms with Crippen LogP contribution in [0.5, 0.6) is 11.5 Å². The summed E-state index contributed by atoms with van der Waals surface area (Å²) in [6.45, 7) is 0.990. The molecule has 0 bridgehead atoms. The van der Waals surface area contributed by atoms with Gasteiger partial charge in [-0.2, -0.15) is 0 Å². The van der Waals surface area contributed by atoms with Gasteiger partial charge in [0.05, 0.1) is 0 Å². The number of hydrogen-bond acceptors (Lipinski definition) is 3. The number of rotatable bonds is 9. The molecule has 1 fully saturated rings. The van der Waals surface area contributed by atoms with Gasteiger partial charge in [-0.15, -0.1) is 0 Å². The zero-order valence-electron chi connectivity index (χ0n) is 19.8. The van der Waals surface area contributed by atoms with E-state index in [4.69, 9.17) is 9.47 Å². The maximum absolute atomic E-state index is 13.4. The quantitative estimate of drug-likeness (QED) is 0.240. The van der Waals surface area contributed by atoms with Gasteiger partial charge in [-0.1, -0.05) is 97.4 Å². The molecule has 1 aliphatic rings. The molecule has 3 heteroatoms. The summed E-state index contributed by atoms with van der Waals surface area (Å²) < 4.78 is 12.5. The second-order valence-corrected chi connectivity index (χ2v) is 9.12. The lowest BCUT2D eigenvalue weighted by atomic mass is 9.83. The average molecular weight is 463 g/mol. The summed E-state index contributed by atoms with van der Waals surface area (Å²) in [5.41, 5.74) is 4.09. The van der Waals surface area contributed by atoms with Gasteiger partial charge in [-0.3, -0.25) is 4.79 Å². The summed E-state index contributed by atoms with van der Waals surface area (Å²) in [4.78, 5) is 13.4. The largest absolute Gasteiger partial charge is 0.489 e. The number of ketones is 1. The van der Waals surface area contributed by atoms with E-state index < -0.39 is 0 Å². The Kier molecular flexibility index (Phi) is 7.24. The summed E-state index contributed by atoms with van der Waals surface area (Å²) in [5, 5.41) is 0. The van der Waals surface area contributed by atoms with Crippen molar-refractivity contribution in [2.45, 2.75) is 38.4 Å². The molecule has 3 nitrogen and oxygen atoms in total. The molecular formula is C32H30O3. The molecule has 0 amide bonds. The van der Waals surface area contributed by atoms with Crippen LogP contribution in [-0.4, -0.2) is 5.78 Å². The average Bonchev–Trinajstić information content (AvgIpc) is 3.42. The van der Waals surface area contributed by atoms with Crippen LogP contribution in [0.15, 0.2) is 109 Å². The summed E-state index contributed by atoms with van der Waals surface area (Å²) in [6.07, 6.45) is 2.89. The third-order valence-corrected chi connectivity index (χ3v) is 6.78. The molecule has 35 heavy (non-hydrogen) atoms. The van der Waals surface area contributed by atoms with Gasteiger partial charge >= 0.3 is 0 Å². The first-order valence-electron chi connectivity index (χ1n) is 12.3. The van der Waals surface area contributed by atoms with Crippen LogP contribution in [0.25, 0.3) is 0 Å². The van der Waals surface area contributed by atoms with Crippen molar-refractivity contribution in [3.05, 3.63) is 131 Å². The van der Waals surface area contributed by atoms with Crippen molar-refractivity contribution in [3.63, 3.8) is 0 Å². The maximum Gasteiger partial charge on any atom is 0.166 e. The van der Waals surface area contributed by atoms with E-state index >= 15 is 0 Å². The molecule has 2 atom stereocenters. The normalized spacial score (nSPS) is 17.1. The molecule has 1 aliphatic carbocycles. The molecule has 0 heterocycles. The van der Waals surface area contributed by atoms with Crippen molar-refractivity contribution in [1.29, 1.82) is 0 Å². The fourth-order valence-corrected chi connectivity index (χ4v) is 4.98. The predicted octanol–water partition coefficient (Wildman–Crippen LogP) is 7.61. The first-order chi connectivity index (χ1) is 17.3. The van der Waals surface area contributed by atoms with Crippen LogP contribution in [0.4, 0.5) is 0 Å². The van der Waals surface area contributed by atoms with E-state index in [2.05, 4.69) is 30.3 Å². The number of ether oxygens (including phenoxy) is 2. The first kappa shape index (κ1) is 22.9. The van der Waals surface area contributed by atoms with Gasteiger partial charge in [0.25, 0.3) is 0 Å². The SMILES string of the molecule is O=C(c1ccccc1)[C@H]1CCC[C@H]1c1cc(OCc2ccccc2)ccc1OCc1ccccc1. The van der Waals surface area contributed by atoms with Crippen molar-refractivity contribution in [2.75, 3.05) is 0 Å². The number of hydrogen-bond donors (Lipinski definition) is 0. The van der Waals surface area contributed by atoms with Crippen LogP contribution in [0.1, 0.15) is 52.2 Å². The summed E-state index contributed by atoms with van der Waals surface area (Å²) >= 11 is 0. The molecule has 0 radical (unpaired) electrons. The zero-order valence-corrected chi connectivity index (χ0v) is 19.8. The van der Waals surface area contributed by atoms with Gasteiger partial charge < -0.3 is 9.47 Å². The number of carbonyl (C=O) groups is 1. The Morgan fingerprint density at radius 3 is 1.94 bits per heavy atom. The highest BCUT2D eigenvalue weighted by atomic mass is 16.5. The molecule has 5 rings (SSSR count). The standard InChI is InChI=1S/C32H30O3/c33-32(26-15-8-3-9-16-26)29-18-10-17-28(29)30-21-27(34-22-24-11-4-1-5-12-24)19-20-31(30)35-23-25-13-6-2-7-14-25/h1-9,11-16,19-21,28-29H,10,17-18,22-23H2/t28-,29+/m1/s1. The Labute approximate surface area is 207 Å². The molecule has 1 saturated carbocycles. The lowest BCUT2D eigenvalue weighted by Crippen LogP contribution is -2.18. The fourth-order valence-electron chi connectivity index (χ4n) is 4.98. The molecule has 4 aromatic carbocycles. The Hall–Kier alpha value is -3.85. The number of carbonyl (C=O) groups excluding carboxylic acids is 1. The minimum Gasteiger partial charge on any atom is -0.489 e. The Morgan fingerprint density at radius 1 is 0.686 bits per heavy atom. The Morgan fingerprint density at radius 2 is 1.29 bits per heavy atom. The fraction of sp³-hybridized carbons (Fsp3) is 0.219. The number of Topliss-reactive ketones (excluding diaryl/α,β-unsaturated/α-hetero) is 1. The molecule has 0 aromatic heterocycles. The Bertz CT molecular complexity index is 1240. The van der Waals surface area contributed by atoms with E-state index in [1.54, 1.807) is 0 Å². The van der Waals surface area contributed by atoms with Crippen LogP contribution >= 0.6 is 0 Å². The van der Waals surface area contributed by atoms with Crippen LogP contribution < -0.4 is 9.47 Å². The molecule has 4 aromatic rings. The molecule has 0 unspecified atom stereocenters. The lowest BCUT2D eigenvalue weighted by Gasteiger charge is -2.23. The molecule has 0 spiro atoms. The third kappa shape index (κ3) is 5.63. The van der Waals surface area contributed by atoms with Crippen molar-refractivity contribution >= 4 is 5.78 Å². The minimum absolute atomic E-state index is 0.0548. The second kappa shape index (κ2) is 11.1. The highest BCUT2D eigenvalue weighted by Crippen LogP contribution is 2.45. The van der Waals surface area contributed by atoms with Gasteiger partial charge in [-0.05, 0) is 48.1 Å². The van der Waals surface area contributed by atoms with Crippen molar-refractivity contribution < 1.29 is 14.3 Å². The lowest BCUT2D eigenvalue weighted by molar-refractivity contribution is 0.0911. The van der Waals surface area contributed by atoms with Crippen LogP contribution in [-0.2, 0) is 13.2 Å². The van der Waals surface area contributed by atoms with E-state index in [0.717, 1.165) is 53.0 Å². The van der Waals surface area contributed by atoms with Crippen LogP contribution in [0.3, 0.4) is 0 Å². The van der Waals surface area contributed by atoms with Crippen LogP contribution in [0.2, 0.25) is 0 Å². The molecule has 0 aliphatic heterocycles. The third-order valence-electron chi connectivity index (χ3n) is 6.78. The van der Waals surface area contributed by atoms with Crippen LogP contribution in [0, 0.1) is 5.92 Å². The maximum atomic E-state index is 13.4. The summed E-state index contributed by atoms with van der Waals surface area (Å²) in [6, 6.07) is 36.0. The van der Waals surface area contributed by atoms with Gasteiger partial charge in [-0.25, -0.2) is 0 Å². The highest BCUT2D eigenvalue weighted by Gasteiger charge is 2.36. The topological polar surface area (TPSA) is 35.5 Å². The van der Waals surface area contributed by atoms with Crippen molar-refractivity contribution in [1.82, 2.24) is 0 Å². The van der Waals surface area contributed by atoms with Gasteiger partial charge in [0.15, 0.2) is 5.78 Å². The Balaban J connectivity index is 1.42. The summed E-state index contributed by atoms with van der Waals surface area (Å²) in [5.74, 6) is 1.90. The monoisotopic (exact) mass is 462 g/mol. The predicted molar refractivity (Wildman–Crippen MR) is 139 cm³/mol. The molecular weight excluding hydrogens is 432 g/mol. The molecule has 0 saturated heterocycles. The van der Waals surface area contributed by atoms with Gasteiger partial charge in [0, 0.05) is 17.0 Å². The van der Waals surface area contributed by atoms with Crippen molar-refractivity contribution in [2.24, 2.45) is 5.92 Å². The van der Waals surface area contributed by atoms with E-state index in [-0.39, 0.29) is 17.6 Å².